The molecular weight excluding hydrogens is 370 g/mol. The van der Waals surface area contributed by atoms with Crippen LogP contribution in [0.3, 0.4) is 0 Å². The van der Waals surface area contributed by atoms with Crippen molar-refractivity contribution in [2.75, 3.05) is 26.7 Å². The molecule has 0 amide bonds. The van der Waals surface area contributed by atoms with Crippen LogP contribution in [0.4, 0.5) is 0 Å². The lowest BCUT2D eigenvalue weighted by Crippen LogP contribution is -2.32. The first-order chi connectivity index (χ1) is 13.6. The SMILES string of the molecule is Cc1nc(-c2ccc(OCC3CCN(C)CC3)cc2)[nH]c1-c1ccc(Cl)cc1. The molecule has 2 heterocycles. The molecule has 5 heteroatoms. The summed E-state index contributed by atoms with van der Waals surface area (Å²) in [5.74, 6) is 2.44. The average molecular weight is 396 g/mol. The number of imidazole rings is 1. The number of hydrogen-bond donors (Lipinski definition) is 1. The number of rotatable bonds is 5. The third-order valence-electron chi connectivity index (χ3n) is 5.47. The monoisotopic (exact) mass is 395 g/mol. The minimum absolute atomic E-state index is 0.658. The largest absolute Gasteiger partial charge is 0.493 e. The summed E-state index contributed by atoms with van der Waals surface area (Å²) in [6.45, 7) is 5.15. The fourth-order valence-corrected chi connectivity index (χ4v) is 3.77. The van der Waals surface area contributed by atoms with Crippen molar-refractivity contribution in [1.29, 1.82) is 0 Å². The van der Waals surface area contributed by atoms with E-state index in [1.165, 1.54) is 25.9 Å². The van der Waals surface area contributed by atoms with E-state index in [9.17, 15) is 0 Å². The van der Waals surface area contributed by atoms with E-state index in [0.717, 1.165) is 45.7 Å². The molecule has 0 aliphatic carbocycles. The number of benzene rings is 2. The number of H-pyrrole nitrogens is 1. The van der Waals surface area contributed by atoms with Gasteiger partial charge in [0.2, 0.25) is 0 Å². The molecule has 1 N–H and O–H groups in total. The molecule has 0 saturated carbocycles. The van der Waals surface area contributed by atoms with Gasteiger partial charge in [-0.3, -0.25) is 0 Å². The standard InChI is InChI=1S/C23H26ClN3O/c1-16-22(18-3-7-20(24)8-4-18)26-23(25-16)19-5-9-21(10-6-19)28-15-17-11-13-27(2)14-12-17/h3-10,17H,11-15H2,1-2H3,(H,25,26). The highest BCUT2D eigenvalue weighted by Crippen LogP contribution is 2.28. The lowest BCUT2D eigenvalue weighted by molar-refractivity contribution is 0.160. The maximum Gasteiger partial charge on any atom is 0.138 e. The number of halogens is 1. The third kappa shape index (κ3) is 4.40. The number of ether oxygens (including phenoxy) is 1. The summed E-state index contributed by atoms with van der Waals surface area (Å²) in [7, 11) is 2.19. The van der Waals surface area contributed by atoms with E-state index in [-0.39, 0.29) is 0 Å². The summed E-state index contributed by atoms with van der Waals surface area (Å²) in [5.41, 5.74) is 4.13. The molecule has 3 aromatic rings. The average Bonchev–Trinajstić information content (AvgIpc) is 3.10. The number of aromatic nitrogens is 2. The van der Waals surface area contributed by atoms with Crippen LogP contribution in [0, 0.1) is 12.8 Å². The zero-order valence-electron chi connectivity index (χ0n) is 16.4. The summed E-state index contributed by atoms with van der Waals surface area (Å²) >= 11 is 6.00. The molecule has 0 spiro atoms. The second kappa shape index (κ2) is 8.38. The van der Waals surface area contributed by atoms with E-state index < -0.39 is 0 Å². The van der Waals surface area contributed by atoms with Gasteiger partial charge in [0.05, 0.1) is 18.0 Å². The number of nitrogens with zero attached hydrogens (tertiary/aromatic N) is 2. The Morgan fingerprint density at radius 1 is 1.04 bits per heavy atom. The van der Waals surface area contributed by atoms with Gasteiger partial charge < -0.3 is 14.6 Å². The van der Waals surface area contributed by atoms with Crippen LogP contribution >= 0.6 is 11.6 Å². The molecular formula is C23H26ClN3O. The van der Waals surface area contributed by atoms with E-state index in [1.54, 1.807) is 0 Å². The Hall–Kier alpha value is -2.30. The number of aromatic amines is 1. The first kappa shape index (κ1) is 19.0. The van der Waals surface area contributed by atoms with Crippen molar-refractivity contribution in [1.82, 2.24) is 14.9 Å². The van der Waals surface area contributed by atoms with Crippen molar-refractivity contribution >= 4 is 11.6 Å². The van der Waals surface area contributed by atoms with Gasteiger partial charge in [-0.2, -0.15) is 0 Å². The maximum absolute atomic E-state index is 6.02. The van der Waals surface area contributed by atoms with Crippen LogP contribution in [-0.2, 0) is 0 Å². The Labute approximate surface area is 171 Å². The van der Waals surface area contributed by atoms with E-state index in [4.69, 9.17) is 21.3 Å². The van der Waals surface area contributed by atoms with Crippen LogP contribution < -0.4 is 4.74 Å². The first-order valence-corrected chi connectivity index (χ1v) is 10.2. The summed E-state index contributed by atoms with van der Waals surface area (Å²) in [6.07, 6.45) is 2.43. The van der Waals surface area contributed by atoms with Gasteiger partial charge in [0.15, 0.2) is 0 Å². The fourth-order valence-electron chi connectivity index (χ4n) is 3.65. The zero-order valence-corrected chi connectivity index (χ0v) is 17.2. The van der Waals surface area contributed by atoms with Gasteiger partial charge in [0.1, 0.15) is 11.6 Å². The van der Waals surface area contributed by atoms with E-state index >= 15 is 0 Å². The number of likely N-dealkylation sites (tertiary alicyclic amines) is 1. The van der Waals surface area contributed by atoms with Crippen molar-refractivity contribution in [3.8, 4) is 28.4 Å². The molecule has 1 aromatic heterocycles. The van der Waals surface area contributed by atoms with Crippen LogP contribution in [0.15, 0.2) is 48.5 Å². The van der Waals surface area contributed by atoms with Crippen molar-refractivity contribution < 1.29 is 4.74 Å². The van der Waals surface area contributed by atoms with E-state index in [1.807, 2.05) is 43.3 Å². The Balaban J connectivity index is 1.42. The fraction of sp³-hybridized carbons (Fsp3) is 0.348. The van der Waals surface area contributed by atoms with Gasteiger partial charge in [-0.05, 0) is 87.8 Å². The first-order valence-electron chi connectivity index (χ1n) is 9.83. The number of hydrogen-bond acceptors (Lipinski definition) is 3. The van der Waals surface area contributed by atoms with Crippen LogP contribution in [0.1, 0.15) is 18.5 Å². The van der Waals surface area contributed by atoms with Gasteiger partial charge in [0.25, 0.3) is 0 Å². The Kier molecular flexibility index (Phi) is 5.69. The highest BCUT2D eigenvalue weighted by atomic mass is 35.5. The minimum atomic E-state index is 0.658. The predicted molar refractivity (Wildman–Crippen MR) is 115 cm³/mol. The molecule has 1 fully saturated rings. The molecule has 146 valence electrons. The van der Waals surface area contributed by atoms with Crippen molar-refractivity contribution in [3.05, 3.63) is 59.2 Å². The third-order valence-corrected chi connectivity index (χ3v) is 5.72. The lowest BCUT2D eigenvalue weighted by atomic mass is 9.98. The highest BCUT2D eigenvalue weighted by molar-refractivity contribution is 6.30. The van der Waals surface area contributed by atoms with Crippen molar-refractivity contribution in [3.63, 3.8) is 0 Å². The molecule has 4 rings (SSSR count). The number of nitrogens with one attached hydrogen (secondary N) is 1. The molecule has 0 radical (unpaired) electrons. The smallest absolute Gasteiger partial charge is 0.138 e. The van der Waals surface area contributed by atoms with Gasteiger partial charge in [-0.15, -0.1) is 0 Å². The summed E-state index contributed by atoms with van der Waals surface area (Å²) in [6, 6.07) is 16.0. The zero-order chi connectivity index (χ0) is 19.5. The second-order valence-electron chi connectivity index (χ2n) is 7.63. The van der Waals surface area contributed by atoms with Gasteiger partial charge in [0, 0.05) is 10.6 Å². The van der Waals surface area contributed by atoms with Gasteiger partial charge >= 0.3 is 0 Å². The molecule has 2 aromatic carbocycles. The maximum atomic E-state index is 6.02. The van der Waals surface area contributed by atoms with Crippen LogP contribution in [-0.4, -0.2) is 41.6 Å². The molecule has 0 bridgehead atoms. The van der Waals surface area contributed by atoms with E-state index in [0.29, 0.717) is 5.92 Å². The highest BCUT2D eigenvalue weighted by Gasteiger charge is 2.17. The second-order valence-corrected chi connectivity index (χ2v) is 8.07. The van der Waals surface area contributed by atoms with E-state index in [2.05, 4.69) is 29.1 Å². The topological polar surface area (TPSA) is 41.1 Å². The van der Waals surface area contributed by atoms with Crippen LogP contribution in [0.25, 0.3) is 22.6 Å². The molecule has 0 unspecified atom stereocenters. The molecule has 1 saturated heterocycles. The number of aryl methyl sites for hydroxylation is 1. The van der Waals surface area contributed by atoms with Crippen LogP contribution in [0.2, 0.25) is 5.02 Å². The minimum Gasteiger partial charge on any atom is -0.493 e. The quantitative estimate of drug-likeness (QED) is 0.626. The van der Waals surface area contributed by atoms with Gasteiger partial charge in [-0.25, -0.2) is 4.98 Å². The molecule has 1 aliphatic rings. The lowest BCUT2D eigenvalue weighted by Gasteiger charge is -2.28. The molecule has 1 aliphatic heterocycles. The van der Waals surface area contributed by atoms with Crippen LogP contribution in [0.5, 0.6) is 5.75 Å². The normalized spacial score (nSPS) is 15.7. The molecule has 0 atom stereocenters. The summed E-state index contributed by atoms with van der Waals surface area (Å²) < 4.78 is 6.02. The summed E-state index contributed by atoms with van der Waals surface area (Å²) in [4.78, 5) is 10.5. The van der Waals surface area contributed by atoms with Crippen molar-refractivity contribution in [2.24, 2.45) is 5.92 Å². The molecule has 28 heavy (non-hydrogen) atoms. The Morgan fingerprint density at radius 2 is 1.68 bits per heavy atom. The van der Waals surface area contributed by atoms with Gasteiger partial charge in [-0.1, -0.05) is 23.7 Å². The van der Waals surface area contributed by atoms with Crippen molar-refractivity contribution in [2.45, 2.75) is 19.8 Å². The predicted octanol–water partition coefficient (Wildman–Crippen LogP) is 5.43. The summed E-state index contributed by atoms with van der Waals surface area (Å²) in [5, 5.41) is 0.733. The number of piperidine rings is 1. The Bertz CT molecular complexity index is 910. The Morgan fingerprint density at radius 3 is 2.36 bits per heavy atom. The molecule has 4 nitrogen and oxygen atoms in total.